The molecule has 5 heteroatoms. The molecule has 0 unspecified atom stereocenters. The molecule has 0 spiro atoms. The van der Waals surface area contributed by atoms with Crippen molar-refractivity contribution in [3.63, 3.8) is 0 Å². The van der Waals surface area contributed by atoms with Gasteiger partial charge >= 0.3 is 0 Å². The molecule has 108 valence electrons. The van der Waals surface area contributed by atoms with Gasteiger partial charge in [-0.1, -0.05) is 12.1 Å². The first-order valence-corrected chi connectivity index (χ1v) is 6.85. The lowest BCUT2D eigenvalue weighted by atomic mass is 10.1. The average molecular weight is 275 g/mol. The molecule has 1 aliphatic rings. The molecular formula is C15H21N3O2. The number of hydrogen-bond donors (Lipinski definition) is 3. The number of ether oxygens (including phenoxy) is 1. The molecule has 1 aromatic rings. The highest BCUT2D eigenvalue weighted by molar-refractivity contribution is 5.30. The number of aliphatic hydroxyl groups is 1. The fourth-order valence-corrected chi connectivity index (χ4v) is 1.91. The molecule has 0 saturated carbocycles. The third-order valence-corrected chi connectivity index (χ3v) is 3.04. The van der Waals surface area contributed by atoms with E-state index >= 15 is 0 Å². The number of hydrogen-bond acceptors (Lipinski definition) is 5. The second-order valence-electron chi connectivity index (χ2n) is 4.67. The Morgan fingerprint density at radius 3 is 3.00 bits per heavy atom. The Morgan fingerprint density at radius 2 is 2.30 bits per heavy atom. The van der Waals surface area contributed by atoms with E-state index in [9.17, 15) is 5.11 Å². The van der Waals surface area contributed by atoms with Gasteiger partial charge in [0.1, 0.15) is 18.2 Å². The van der Waals surface area contributed by atoms with E-state index in [-0.39, 0.29) is 0 Å². The largest absolute Gasteiger partial charge is 0.493 e. The molecule has 2 rings (SSSR count). The second-order valence-corrected chi connectivity index (χ2v) is 4.67. The van der Waals surface area contributed by atoms with Gasteiger partial charge in [0.05, 0.1) is 6.10 Å². The smallest absolute Gasteiger partial charge is 0.123 e. The van der Waals surface area contributed by atoms with Gasteiger partial charge in [0.25, 0.3) is 0 Å². The summed E-state index contributed by atoms with van der Waals surface area (Å²) in [4.78, 5) is 3.96. The Morgan fingerprint density at radius 1 is 1.40 bits per heavy atom. The average Bonchev–Trinajstić information content (AvgIpc) is 2.48. The summed E-state index contributed by atoms with van der Waals surface area (Å²) in [6.45, 7) is 1.73. The zero-order valence-corrected chi connectivity index (χ0v) is 11.5. The first kappa shape index (κ1) is 14.6. The second kappa shape index (κ2) is 7.67. The minimum atomic E-state index is -0.586. The van der Waals surface area contributed by atoms with Crippen LogP contribution in [-0.4, -0.2) is 29.8 Å². The Labute approximate surface area is 119 Å². The minimum absolute atomic E-state index is 0.455. The van der Waals surface area contributed by atoms with Crippen molar-refractivity contribution in [2.24, 2.45) is 0 Å². The molecule has 20 heavy (non-hydrogen) atoms. The van der Waals surface area contributed by atoms with Gasteiger partial charge in [0, 0.05) is 24.8 Å². The van der Waals surface area contributed by atoms with Gasteiger partial charge in [-0.25, -0.2) is 4.98 Å². The van der Waals surface area contributed by atoms with E-state index in [2.05, 4.69) is 22.5 Å². The third kappa shape index (κ3) is 4.68. The van der Waals surface area contributed by atoms with Gasteiger partial charge in [-0.15, -0.1) is 0 Å². The Bertz CT molecular complexity index is 469. The summed E-state index contributed by atoms with van der Waals surface area (Å²) in [5, 5.41) is 13.1. The molecular weight excluding hydrogens is 254 g/mol. The van der Waals surface area contributed by atoms with Crippen LogP contribution in [0, 0.1) is 0 Å². The lowest BCUT2D eigenvalue weighted by molar-refractivity contribution is 0.166. The number of aromatic nitrogens is 1. The summed E-state index contributed by atoms with van der Waals surface area (Å²) in [6.07, 6.45) is 9.34. The lowest BCUT2D eigenvalue weighted by Crippen LogP contribution is -2.25. The van der Waals surface area contributed by atoms with Crippen LogP contribution < -0.4 is 11.1 Å². The van der Waals surface area contributed by atoms with Gasteiger partial charge in [0.2, 0.25) is 0 Å². The molecule has 0 aromatic carbocycles. The summed E-state index contributed by atoms with van der Waals surface area (Å²) >= 11 is 0. The van der Waals surface area contributed by atoms with Gasteiger partial charge < -0.3 is 20.9 Å². The maximum absolute atomic E-state index is 9.95. The highest BCUT2D eigenvalue weighted by Crippen LogP contribution is 2.12. The zero-order chi connectivity index (χ0) is 14.2. The highest BCUT2D eigenvalue weighted by atomic mass is 16.5. The fraction of sp³-hybridized carbons (Fsp3) is 0.400. The normalized spacial score (nSPS) is 15.8. The van der Waals surface area contributed by atoms with Crippen molar-refractivity contribution in [3.05, 3.63) is 47.9 Å². The lowest BCUT2D eigenvalue weighted by Gasteiger charge is -2.13. The predicted octanol–water partition coefficient (Wildman–Crippen LogP) is 1.54. The monoisotopic (exact) mass is 275 g/mol. The summed E-state index contributed by atoms with van der Waals surface area (Å²) in [5.74, 6) is 1.39. The predicted molar refractivity (Wildman–Crippen MR) is 78.9 cm³/mol. The maximum atomic E-state index is 9.95. The molecule has 1 aliphatic carbocycles. The molecule has 1 aromatic heterocycles. The molecule has 0 aliphatic heterocycles. The van der Waals surface area contributed by atoms with Crippen LogP contribution >= 0.6 is 0 Å². The van der Waals surface area contributed by atoms with Crippen LogP contribution in [0.4, 0.5) is 5.82 Å². The summed E-state index contributed by atoms with van der Waals surface area (Å²) < 4.78 is 5.59. The van der Waals surface area contributed by atoms with E-state index in [0.717, 1.165) is 24.2 Å². The van der Waals surface area contributed by atoms with Crippen molar-refractivity contribution in [1.82, 2.24) is 10.3 Å². The van der Waals surface area contributed by atoms with Crippen molar-refractivity contribution in [2.45, 2.75) is 18.9 Å². The first-order chi connectivity index (χ1) is 9.75. The van der Waals surface area contributed by atoms with Crippen molar-refractivity contribution < 1.29 is 9.84 Å². The first-order valence-electron chi connectivity index (χ1n) is 6.85. The van der Waals surface area contributed by atoms with Crippen molar-refractivity contribution in [1.29, 1.82) is 0 Å². The number of nitrogens with two attached hydrogens (primary N) is 1. The molecule has 0 bridgehead atoms. The fourth-order valence-electron chi connectivity index (χ4n) is 1.91. The molecule has 0 saturated heterocycles. The molecule has 5 nitrogen and oxygen atoms in total. The van der Waals surface area contributed by atoms with E-state index in [0.29, 0.717) is 25.5 Å². The summed E-state index contributed by atoms with van der Waals surface area (Å²) in [5.41, 5.74) is 6.26. The van der Waals surface area contributed by atoms with Crippen LogP contribution in [0.2, 0.25) is 0 Å². The van der Waals surface area contributed by atoms with E-state index in [1.165, 1.54) is 0 Å². The van der Waals surface area contributed by atoms with Crippen molar-refractivity contribution in [2.75, 3.05) is 25.4 Å². The molecule has 4 N–H and O–H groups in total. The third-order valence-electron chi connectivity index (χ3n) is 3.04. The quantitative estimate of drug-likeness (QED) is 0.658. The van der Waals surface area contributed by atoms with Crippen LogP contribution in [0.3, 0.4) is 0 Å². The van der Waals surface area contributed by atoms with Gasteiger partial charge in [-0.3, -0.25) is 0 Å². The van der Waals surface area contributed by atoms with Crippen LogP contribution in [0.5, 0.6) is 0 Å². The van der Waals surface area contributed by atoms with Gasteiger partial charge in [-0.05, 0) is 31.1 Å². The number of nitrogens with one attached hydrogen (secondary N) is 1. The van der Waals surface area contributed by atoms with E-state index in [1.54, 1.807) is 18.3 Å². The van der Waals surface area contributed by atoms with Crippen LogP contribution in [0.1, 0.15) is 24.5 Å². The number of nitrogen functional groups attached to an aromatic ring is 1. The molecule has 0 radical (unpaired) electrons. The number of aliphatic hydroxyl groups excluding tert-OH is 1. The number of anilines is 1. The topological polar surface area (TPSA) is 80.4 Å². The maximum Gasteiger partial charge on any atom is 0.123 e. The summed E-state index contributed by atoms with van der Waals surface area (Å²) in [7, 11) is 0. The number of rotatable bonds is 7. The van der Waals surface area contributed by atoms with Crippen LogP contribution in [-0.2, 0) is 4.74 Å². The Kier molecular flexibility index (Phi) is 5.58. The van der Waals surface area contributed by atoms with E-state index in [1.807, 2.05) is 6.08 Å². The summed E-state index contributed by atoms with van der Waals surface area (Å²) in [6, 6.07) is 3.46. The Balaban J connectivity index is 1.62. The highest BCUT2D eigenvalue weighted by Gasteiger charge is 2.07. The van der Waals surface area contributed by atoms with Gasteiger partial charge in [0.15, 0.2) is 0 Å². The molecule has 0 amide bonds. The minimum Gasteiger partial charge on any atom is -0.493 e. The molecule has 0 fully saturated rings. The van der Waals surface area contributed by atoms with Crippen LogP contribution in [0.15, 0.2) is 42.3 Å². The standard InChI is InChI=1S/C15H21N3O2/c16-15-7-6-12(10-18-15)14(19)11-17-8-9-20-13-4-2-1-3-5-13/h2,4-7,10,14,17,19H,1,3,8-9,11H2,(H2,16,18)/t14-/m0/s1. The van der Waals surface area contributed by atoms with Crippen LogP contribution in [0.25, 0.3) is 0 Å². The number of pyridine rings is 1. The zero-order valence-electron chi connectivity index (χ0n) is 11.5. The SMILES string of the molecule is Nc1ccc([C@@H](O)CNCCOC2=CCCC=C2)cn1. The Hall–Kier alpha value is -1.85. The van der Waals surface area contributed by atoms with Crippen molar-refractivity contribution >= 4 is 5.82 Å². The van der Waals surface area contributed by atoms with E-state index in [4.69, 9.17) is 10.5 Å². The van der Waals surface area contributed by atoms with E-state index < -0.39 is 6.10 Å². The van der Waals surface area contributed by atoms with Gasteiger partial charge in [-0.2, -0.15) is 0 Å². The van der Waals surface area contributed by atoms with Crippen molar-refractivity contribution in [3.8, 4) is 0 Å². The number of nitrogens with zero attached hydrogens (tertiary/aromatic N) is 1. The number of allylic oxidation sites excluding steroid dienone is 3. The molecule has 1 heterocycles. The molecule has 1 atom stereocenters.